The van der Waals surface area contributed by atoms with Crippen LogP contribution in [0.25, 0.3) is 0 Å². The molecule has 5 heteroatoms. The molecule has 0 saturated heterocycles. The van der Waals surface area contributed by atoms with E-state index in [1.807, 2.05) is 24.3 Å². The summed E-state index contributed by atoms with van der Waals surface area (Å²) >= 11 is 5.95. The van der Waals surface area contributed by atoms with Crippen molar-refractivity contribution in [1.82, 2.24) is 5.32 Å². The van der Waals surface area contributed by atoms with Gasteiger partial charge in [0.2, 0.25) is 5.91 Å². The van der Waals surface area contributed by atoms with Gasteiger partial charge in [-0.15, -0.1) is 0 Å². The fraction of sp³-hybridized carbons (Fsp3) is 0.529. The van der Waals surface area contributed by atoms with E-state index < -0.39 is 11.4 Å². The first-order valence-corrected chi connectivity index (χ1v) is 8.16. The maximum atomic E-state index is 12.8. The molecule has 0 atom stereocenters. The van der Waals surface area contributed by atoms with E-state index in [4.69, 9.17) is 16.3 Å². The van der Waals surface area contributed by atoms with E-state index in [9.17, 15) is 9.59 Å². The number of amides is 1. The van der Waals surface area contributed by atoms with Crippen LogP contribution in [0.3, 0.4) is 0 Å². The Kier molecular flexibility index (Phi) is 5.83. The molecular weight excluding hydrogens is 302 g/mol. The fourth-order valence-electron chi connectivity index (χ4n) is 3.10. The Morgan fingerprint density at radius 3 is 2.41 bits per heavy atom. The maximum absolute atomic E-state index is 12.8. The van der Waals surface area contributed by atoms with Crippen LogP contribution in [0.5, 0.6) is 0 Å². The monoisotopic (exact) mass is 323 g/mol. The quantitative estimate of drug-likeness (QED) is 0.846. The van der Waals surface area contributed by atoms with E-state index in [0.29, 0.717) is 11.6 Å². The average Bonchev–Trinajstić information content (AvgIpc) is 2.54. The highest BCUT2D eigenvalue weighted by atomic mass is 35.5. The van der Waals surface area contributed by atoms with E-state index in [2.05, 4.69) is 5.32 Å². The third-order valence-electron chi connectivity index (χ3n) is 4.24. The molecule has 120 valence electrons. The first-order chi connectivity index (χ1) is 10.6. The molecule has 1 saturated carbocycles. The van der Waals surface area contributed by atoms with Gasteiger partial charge in [-0.1, -0.05) is 43.0 Å². The summed E-state index contributed by atoms with van der Waals surface area (Å²) in [6, 6.07) is 7.45. The Morgan fingerprint density at radius 2 is 1.82 bits per heavy atom. The molecule has 1 amide bonds. The summed E-state index contributed by atoms with van der Waals surface area (Å²) in [5, 5.41) is 3.40. The Hall–Kier alpha value is -1.55. The largest absolute Gasteiger partial charge is 0.465 e. The van der Waals surface area contributed by atoms with Gasteiger partial charge in [-0.2, -0.15) is 0 Å². The van der Waals surface area contributed by atoms with Crippen LogP contribution in [0.15, 0.2) is 24.3 Å². The predicted molar refractivity (Wildman–Crippen MR) is 85.9 cm³/mol. The van der Waals surface area contributed by atoms with Crippen molar-refractivity contribution >= 4 is 23.5 Å². The van der Waals surface area contributed by atoms with Crippen molar-refractivity contribution in [2.24, 2.45) is 0 Å². The minimum absolute atomic E-state index is 0.0813. The van der Waals surface area contributed by atoms with Crippen LogP contribution in [-0.2, 0) is 19.7 Å². The molecule has 0 heterocycles. The summed E-state index contributed by atoms with van der Waals surface area (Å²) in [6.45, 7) is 1.98. The lowest BCUT2D eigenvalue weighted by Gasteiger charge is -2.36. The number of esters is 1. The van der Waals surface area contributed by atoms with Crippen molar-refractivity contribution in [3.8, 4) is 0 Å². The molecule has 22 heavy (non-hydrogen) atoms. The van der Waals surface area contributed by atoms with Gasteiger partial charge in [-0.05, 0) is 37.5 Å². The van der Waals surface area contributed by atoms with Gasteiger partial charge in [0, 0.05) is 5.02 Å². The molecule has 0 unspecified atom stereocenters. The standard InChI is InChI=1S/C17H22ClNO3/c1-2-22-15(20)12-19-16(21)17(10-4-3-5-11-17)13-6-8-14(18)9-7-13/h6-9H,2-5,10-12H2,1H3,(H,19,21). The topological polar surface area (TPSA) is 55.4 Å². The van der Waals surface area contributed by atoms with Crippen molar-refractivity contribution in [3.63, 3.8) is 0 Å². The van der Waals surface area contributed by atoms with Crippen molar-refractivity contribution in [3.05, 3.63) is 34.9 Å². The minimum Gasteiger partial charge on any atom is -0.465 e. The highest BCUT2D eigenvalue weighted by molar-refractivity contribution is 6.30. The second kappa shape index (κ2) is 7.63. The van der Waals surface area contributed by atoms with Crippen LogP contribution in [0.2, 0.25) is 5.02 Å². The van der Waals surface area contributed by atoms with E-state index in [0.717, 1.165) is 37.7 Å². The highest BCUT2D eigenvalue weighted by Crippen LogP contribution is 2.40. The van der Waals surface area contributed by atoms with Gasteiger partial charge in [0.05, 0.1) is 12.0 Å². The molecule has 1 aliphatic rings. The molecule has 1 N–H and O–H groups in total. The van der Waals surface area contributed by atoms with Gasteiger partial charge in [-0.25, -0.2) is 0 Å². The number of rotatable bonds is 5. The molecular formula is C17H22ClNO3. The zero-order valence-corrected chi connectivity index (χ0v) is 13.6. The summed E-state index contributed by atoms with van der Waals surface area (Å²) in [4.78, 5) is 24.2. The van der Waals surface area contributed by atoms with Crippen LogP contribution in [0.4, 0.5) is 0 Å². The molecule has 1 aromatic carbocycles. The first kappa shape index (κ1) is 16.8. The van der Waals surface area contributed by atoms with Gasteiger partial charge < -0.3 is 10.1 Å². The van der Waals surface area contributed by atoms with Gasteiger partial charge in [-0.3, -0.25) is 9.59 Å². The van der Waals surface area contributed by atoms with Crippen LogP contribution >= 0.6 is 11.6 Å². The number of halogens is 1. The third-order valence-corrected chi connectivity index (χ3v) is 4.49. The Labute approximate surface area is 136 Å². The van der Waals surface area contributed by atoms with Gasteiger partial charge in [0.1, 0.15) is 6.54 Å². The van der Waals surface area contributed by atoms with Crippen LogP contribution in [0.1, 0.15) is 44.6 Å². The number of benzene rings is 1. The molecule has 0 bridgehead atoms. The maximum Gasteiger partial charge on any atom is 0.325 e. The van der Waals surface area contributed by atoms with Crippen LogP contribution in [-0.4, -0.2) is 25.0 Å². The summed E-state index contributed by atoms with van der Waals surface area (Å²) in [7, 11) is 0. The van der Waals surface area contributed by atoms with E-state index >= 15 is 0 Å². The number of carbonyl (C=O) groups is 2. The molecule has 1 aliphatic carbocycles. The fourth-order valence-corrected chi connectivity index (χ4v) is 3.23. The Bertz CT molecular complexity index is 521. The van der Waals surface area contributed by atoms with Crippen molar-refractivity contribution in [2.75, 3.05) is 13.2 Å². The molecule has 0 aliphatic heterocycles. The second-order valence-electron chi connectivity index (χ2n) is 5.64. The zero-order valence-electron chi connectivity index (χ0n) is 12.9. The van der Waals surface area contributed by atoms with Gasteiger partial charge in [0.15, 0.2) is 0 Å². The molecule has 4 nitrogen and oxygen atoms in total. The highest BCUT2D eigenvalue weighted by Gasteiger charge is 2.41. The lowest BCUT2D eigenvalue weighted by molar-refractivity contribution is -0.144. The SMILES string of the molecule is CCOC(=O)CNC(=O)C1(c2ccc(Cl)cc2)CCCCC1. The summed E-state index contributed by atoms with van der Waals surface area (Å²) in [5.74, 6) is -0.500. The molecule has 1 aromatic rings. The van der Waals surface area contributed by atoms with Gasteiger partial charge >= 0.3 is 5.97 Å². The number of ether oxygens (including phenoxy) is 1. The number of carbonyl (C=O) groups excluding carboxylic acids is 2. The van der Waals surface area contributed by atoms with Crippen molar-refractivity contribution in [1.29, 1.82) is 0 Å². The first-order valence-electron chi connectivity index (χ1n) is 7.78. The van der Waals surface area contributed by atoms with Crippen molar-refractivity contribution in [2.45, 2.75) is 44.4 Å². The molecule has 1 fully saturated rings. The zero-order chi connectivity index (χ0) is 16.0. The van der Waals surface area contributed by atoms with E-state index in [1.54, 1.807) is 6.92 Å². The molecule has 0 radical (unpaired) electrons. The van der Waals surface area contributed by atoms with Crippen LogP contribution in [0, 0.1) is 0 Å². The number of nitrogens with one attached hydrogen (secondary N) is 1. The Morgan fingerprint density at radius 1 is 1.18 bits per heavy atom. The van der Waals surface area contributed by atoms with Crippen LogP contribution < -0.4 is 5.32 Å². The number of hydrogen-bond acceptors (Lipinski definition) is 3. The summed E-state index contributed by atoms with van der Waals surface area (Å²) in [5.41, 5.74) is 0.410. The summed E-state index contributed by atoms with van der Waals surface area (Å²) < 4.78 is 4.86. The molecule has 0 spiro atoms. The average molecular weight is 324 g/mol. The Balaban J connectivity index is 2.16. The number of hydrogen-bond donors (Lipinski definition) is 1. The third kappa shape index (κ3) is 3.80. The lowest BCUT2D eigenvalue weighted by Crippen LogP contribution is -2.47. The van der Waals surface area contributed by atoms with E-state index in [-0.39, 0.29) is 12.5 Å². The van der Waals surface area contributed by atoms with E-state index in [1.165, 1.54) is 0 Å². The molecule has 2 rings (SSSR count). The normalized spacial score (nSPS) is 16.8. The predicted octanol–water partition coefficient (Wildman–Crippen LogP) is 3.22. The minimum atomic E-state index is -0.560. The van der Waals surface area contributed by atoms with Gasteiger partial charge in [0.25, 0.3) is 0 Å². The van der Waals surface area contributed by atoms with Crippen molar-refractivity contribution < 1.29 is 14.3 Å². The summed E-state index contributed by atoms with van der Waals surface area (Å²) in [6.07, 6.45) is 4.75. The second-order valence-corrected chi connectivity index (χ2v) is 6.07. The molecule has 0 aromatic heterocycles. The smallest absolute Gasteiger partial charge is 0.325 e. The lowest BCUT2D eigenvalue weighted by atomic mass is 9.68.